The third kappa shape index (κ3) is 3.62. The molecule has 0 aliphatic carbocycles. The van der Waals surface area contributed by atoms with Gasteiger partial charge in [-0.2, -0.15) is 13.2 Å². The summed E-state index contributed by atoms with van der Waals surface area (Å²) in [6, 6.07) is 2.58. The largest absolute Gasteiger partial charge is 0.508 e. The van der Waals surface area contributed by atoms with Crippen LogP contribution in [0, 0.1) is 0 Å². The number of aliphatic hydroxyl groups excluding tert-OH is 1. The molecule has 1 aromatic carbocycles. The van der Waals surface area contributed by atoms with Crippen molar-refractivity contribution < 1.29 is 23.4 Å². The fourth-order valence-electron chi connectivity index (χ4n) is 2.23. The smallest absolute Gasteiger partial charge is 0.416 e. The Bertz CT molecular complexity index is 459. The van der Waals surface area contributed by atoms with Crippen molar-refractivity contribution in [2.45, 2.75) is 12.3 Å². The highest BCUT2D eigenvalue weighted by Crippen LogP contribution is 2.34. The van der Waals surface area contributed by atoms with Crippen molar-refractivity contribution in [1.29, 1.82) is 0 Å². The summed E-state index contributed by atoms with van der Waals surface area (Å²) in [5.41, 5.74) is -0.956. The zero-order chi connectivity index (χ0) is 14.8. The number of alkyl halides is 3. The van der Waals surface area contributed by atoms with Crippen molar-refractivity contribution in [3.63, 3.8) is 0 Å². The molecule has 0 bridgehead atoms. The molecule has 112 valence electrons. The lowest BCUT2D eigenvalue weighted by Crippen LogP contribution is -2.44. The summed E-state index contributed by atoms with van der Waals surface area (Å²) in [6.07, 6.45) is -5.63. The number of aliphatic hydroxyl groups is 1. The molecule has 3 N–H and O–H groups in total. The molecule has 0 amide bonds. The quantitative estimate of drug-likeness (QED) is 0.786. The summed E-state index contributed by atoms with van der Waals surface area (Å²) in [7, 11) is 0. The summed E-state index contributed by atoms with van der Waals surface area (Å²) in [6.45, 7) is 3.20. The highest BCUT2D eigenvalue weighted by molar-refractivity contribution is 5.39. The Hall–Kier alpha value is -1.31. The van der Waals surface area contributed by atoms with Crippen molar-refractivity contribution >= 4 is 0 Å². The number of aromatic hydroxyl groups is 1. The molecule has 1 aliphatic heterocycles. The van der Waals surface area contributed by atoms with Gasteiger partial charge in [0.15, 0.2) is 0 Å². The van der Waals surface area contributed by atoms with Crippen LogP contribution in [0.25, 0.3) is 0 Å². The number of halogens is 3. The van der Waals surface area contributed by atoms with Crippen LogP contribution < -0.4 is 5.32 Å². The lowest BCUT2D eigenvalue weighted by Gasteiger charge is -2.29. The van der Waals surface area contributed by atoms with Crippen LogP contribution in [-0.4, -0.2) is 47.8 Å². The summed E-state index contributed by atoms with van der Waals surface area (Å²) >= 11 is 0. The van der Waals surface area contributed by atoms with Crippen LogP contribution >= 0.6 is 0 Å². The van der Waals surface area contributed by atoms with Crippen molar-refractivity contribution in [2.24, 2.45) is 0 Å². The van der Waals surface area contributed by atoms with Crippen molar-refractivity contribution in [3.05, 3.63) is 29.3 Å². The summed E-state index contributed by atoms with van der Waals surface area (Å²) in [5, 5.41) is 22.8. The summed E-state index contributed by atoms with van der Waals surface area (Å²) < 4.78 is 37.9. The van der Waals surface area contributed by atoms with Gasteiger partial charge in [-0.15, -0.1) is 0 Å². The van der Waals surface area contributed by atoms with Gasteiger partial charge in [0.1, 0.15) is 5.75 Å². The summed E-state index contributed by atoms with van der Waals surface area (Å²) in [4.78, 5) is 1.95. The zero-order valence-corrected chi connectivity index (χ0v) is 10.8. The van der Waals surface area contributed by atoms with E-state index in [0.717, 1.165) is 44.4 Å². The molecule has 4 nitrogen and oxygen atoms in total. The van der Waals surface area contributed by atoms with Crippen LogP contribution in [0.4, 0.5) is 13.2 Å². The van der Waals surface area contributed by atoms with Crippen LogP contribution in [-0.2, 0) is 6.18 Å². The molecule has 1 heterocycles. The SMILES string of the molecule is Oc1ccc(C(F)(F)F)cc1C(O)CN1CCNCC1. The average Bonchev–Trinajstić information content (AvgIpc) is 2.39. The third-order valence-electron chi connectivity index (χ3n) is 3.35. The Morgan fingerprint density at radius 2 is 1.90 bits per heavy atom. The van der Waals surface area contributed by atoms with E-state index in [1.54, 1.807) is 0 Å². The minimum atomic E-state index is -4.49. The molecule has 0 aromatic heterocycles. The predicted octanol–water partition coefficient (Wildman–Crippen LogP) is 1.35. The van der Waals surface area contributed by atoms with Crippen molar-refractivity contribution in [1.82, 2.24) is 10.2 Å². The first-order valence-corrected chi connectivity index (χ1v) is 6.39. The first-order valence-electron chi connectivity index (χ1n) is 6.39. The van der Waals surface area contributed by atoms with E-state index >= 15 is 0 Å². The lowest BCUT2D eigenvalue weighted by atomic mass is 10.0. The Kier molecular flexibility index (Phi) is 4.52. The van der Waals surface area contributed by atoms with Gasteiger partial charge >= 0.3 is 6.18 Å². The second-order valence-electron chi connectivity index (χ2n) is 4.84. The Balaban J connectivity index is 2.13. The first kappa shape index (κ1) is 15.1. The fourth-order valence-corrected chi connectivity index (χ4v) is 2.23. The number of hydrogen-bond donors (Lipinski definition) is 3. The van der Waals surface area contributed by atoms with E-state index in [4.69, 9.17) is 0 Å². The maximum atomic E-state index is 12.6. The normalized spacial score (nSPS) is 19.0. The number of β-amino-alcohol motifs (C(OH)–C–C–N with tert-alkyl or cyclic N) is 1. The lowest BCUT2D eigenvalue weighted by molar-refractivity contribution is -0.137. The van der Waals surface area contributed by atoms with Gasteiger partial charge in [-0.25, -0.2) is 0 Å². The van der Waals surface area contributed by atoms with Gasteiger partial charge in [-0.1, -0.05) is 0 Å². The Morgan fingerprint density at radius 3 is 2.50 bits per heavy atom. The number of nitrogens with zero attached hydrogens (tertiary/aromatic N) is 1. The molecule has 0 spiro atoms. The maximum Gasteiger partial charge on any atom is 0.416 e. The molecule has 1 aliphatic rings. The van der Waals surface area contributed by atoms with E-state index in [-0.39, 0.29) is 17.9 Å². The minimum absolute atomic E-state index is 0.0849. The number of hydrogen-bond acceptors (Lipinski definition) is 4. The van der Waals surface area contributed by atoms with E-state index < -0.39 is 17.8 Å². The molecule has 20 heavy (non-hydrogen) atoms. The van der Waals surface area contributed by atoms with Crippen LogP contribution in [0.5, 0.6) is 5.75 Å². The first-order chi connectivity index (χ1) is 9.38. The van der Waals surface area contributed by atoms with Crippen LogP contribution in [0.2, 0.25) is 0 Å². The van der Waals surface area contributed by atoms with Gasteiger partial charge in [-0.05, 0) is 18.2 Å². The molecular weight excluding hydrogens is 273 g/mol. The maximum absolute atomic E-state index is 12.6. The summed E-state index contributed by atoms with van der Waals surface area (Å²) in [5.74, 6) is -0.319. The van der Waals surface area contributed by atoms with Gasteiger partial charge in [-0.3, -0.25) is 4.90 Å². The second-order valence-corrected chi connectivity index (χ2v) is 4.84. The zero-order valence-electron chi connectivity index (χ0n) is 10.8. The average molecular weight is 290 g/mol. The molecule has 0 saturated carbocycles. The molecular formula is C13H17F3N2O2. The molecule has 7 heteroatoms. The minimum Gasteiger partial charge on any atom is -0.508 e. The third-order valence-corrected chi connectivity index (χ3v) is 3.35. The van der Waals surface area contributed by atoms with Gasteiger partial charge in [0.25, 0.3) is 0 Å². The second kappa shape index (κ2) is 5.99. The fraction of sp³-hybridized carbons (Fsp3) is 0.538. The standard InChI is InChI=1S/C13H17F3N2O2/c14-13(15,16)9-1-2-11(19)10(7-9)12(20)8-18-5-3-17-4-6-18/h1-2,7,12,17,19-20H,3-6,8H2. The van der Waals surface area contributed by atoms with Crippen LogP contribution in [0.15, 0.2) is 18.2 Å². The molecule has 0 radical (unpaired) electrons. The van der Waals surface area contributed by atoms with Crippen molar-refractivity contribution in [3.8, 4) is 5.75 Å². The molecule has 1 saturated heterocycles. The number of phenols is 1. The highest BCUT2D eigenvalue weighted by atomic mass is 19.4. The monoisotopic (exact) mass is 290 g/mol. The van der Waals surface area contributed by atoms with E-state index in [1.807, 2.05) is 4.90 Å². The van der Waals surface area contributed by atoms with Gasteiger partial charge in [0.2, 0.25) is 0 Å². The topological polar surface area (TPSA) is 55.7 Å². The van der Waals surface area contributed by atoms with Gasteiger partial charge in [0.05, 0.1) is 11.7 Å². The number of piperazine rings is 1. The molecule has 1 atom stereocenters. The number of nitrogens with one attached hydrogen (secondary N) is 1. The highest BCUT2D eigenvalue weighted by Gasteiger charge is 2.32. The molecule has 2 rings (SSSR count). The molecule has 1 unspecified atom stereocenters. The molecule has 1 aromatic rings. The van der Waals surface area contributed by atoms with E-state index in [0.29, 0.717) is 0 Å². The number of phenolic OH excluding ortho intramolecular Hbond substituents is 1. The van der Waals surface area contributed by atoms with Crippen LogP contribution in [0.3, 0.4) is 0 Å². The van der Waals surface area contributed by atoms with Crippen molar-refractivity contribution in [2.75, 3.05) is 32.7 Å². The van der Waals surface area contributed by atoms with E-state index in [2.05, 4.69) is 5.32 Å². The molecule has 1 fully saturated rings. The van der Waals surface area contributed by atoms with E-state index in [9.17, 15) is 23.4 Å². The predicted molar refractivity (Wildman–Crippen MR) is 67.4 cm³/mol. The van der Waals surface area contributed by atoms with Gasteiger partial charge < -0.3 is 15.5 Å². The Labute approximate surface area is 114 Å². The number of benzene rings is 1. The van der Waals surface area contributed by atoms with Crippen LogP contribution in [0.1, 0.15) is 17.2 Å². The number of rotatable bonds is 3. The van der Waals surface area contributed by atoms with E-state index in [1.165, 1.54) is 0 Å². The van der Waals surface area contributed by atoms with Gasteiger partial charge in [0, 0.05) is 38.3 Å². The Morgan fingerprint density at radius 1 is 1.25 bits per heavy atom.